The Balaban J connectivity index is 1.41. The highest BCUT2D eigenvalue weighted by molar-refractivity contribution is 6.30. The zero-order valence-corrected chi connectivity index (χ0v) is 15.3. The summed E-state index contributed by atoms with van der Waals surface area (Å²) < 4.78 is 5.21. The van der Waals surface area contributed by atoms with E-state index >= 15 is 0 Å². The normalized spacial score (nSPS) is 14.2. The Bertz CT molecular complexity index is 503. The van der Waals surface area contributed by atoms with Crippen molar-refractivity contribution >= 4 is 23.6 Å². The summed E-state index contributed by atoms with van der Waals surface area (Å²) in [6, 6.07) is 7.56. The van der Waals surface area contributed by atoms with E-state index in [-0.39, 0.29) is 5.97 Å². The molecule has 0 aliphatic heterocycles. The van der Waals surface area contributed by atoms with E-state index in [0.717, 1.165) is 29.3 Å². The maximum atomic E-state index is 11.6. The van der Waals surface area contributed by atoms with Crippen LogP contribution in [0.15, 0.2) is 30.3 Å². The smallest absolute Gasteiger partial charge is 0.306 e. The van der Waals surface area contributed by atoms with Crippen LogP contribution in [0.25, 0.3) is 6.08 Å². The SMILES string of the molecule is O=C(CCCCCCCCC1CC1)OC/C=C/c1ccc(Cl)cc1. The molecule has 1 aromatic carbocycles. The van der Waals surface area contributed by atoms with E-state index in [4.69, 9.17) is 16.3 Å². The number of rotatable bonds is 12. The van der Waals surface area contributed by atoms with Gasteiger partial charge in [0.25, 0.3) is 0 Å². The van der Waals surface area contributed by atoms with Crippen LogP contribution in [0.4, 0.5) is 0 Å². The van der Waals surface area contributed by atoms with Crippen LogP contribution < -0.4 is 0 Å². The molecule has 2 rings (SSSR count). The summed E-state index contributed by atoms with van der Waals surface area (Å²) in [5.41, 5.74) is 1.05. The van der Waals surface area contributed by atoms with E-state index in [2.05, 4.69) is 0 Å². The first-order chi connectivity index (χ1) is 11.7. The fraction of sp³-hybridized carbons (Fsp3) is 0.571. The number of carbonyl (C=O) groups is 1. The monoisotopic (exact) mass is 348 g/mol. The van der Waals surface area contributed by atoms with E-state index in [1.165, 1.54) is 44.9 Å². The second-order valence-corrected chi connectivity index (χ2v) is 7.18. The molecule has 1 aliphatic rings. The van der Waals surface area contributed by atoms with Crippen molar-refractivity contribution in [2.24, 2.45) is 5.92 Å². The van der Waals surface area contributed by atoms with Crippen molar-refractivity contribution in [2.75, 3.05) is 6.61 Å². The van der Waals surface area contributed by atoms with Gasteiger partial charge in [0.2, 0.25) is 0 Å². The van der Waals surface area contributed by atoms with Gasteiger partial charge in [-0.05, 0) is 36.1 Å². The first kappa shape index (κ1) is 19.1. The Hall–Kier alpha value is -1.28. The van der Waals surface area contributed by atoms with Gasteiger partial charge in [0, 0.05) is 11.4 Å². The lowest BCUT2D eigenvalue weighted by molar-refractivity contribution is -0.142. The van der Waals surface area contributed by atoms with Gasteiger partial charge in [-0.25, -0.2) is 0 Å². The number of hydrogen-bond donors (Lipinski definition) is 0. The molecule has 0 N–H and O–H groups in total. The Morgan fingerprint density at radius 3 is 2.42 bits per heavy atom. The second kappa shape index (κ2) is 11.3. The highest BCUT2D eigenvalue weighted by Crippen LogP contribution is 2.34. The molecule has 24 heavy (non-hydrogen) atoms. The topological polar surface area (TPSA) is 26.3 Å². The lowest BCUT2D eigenvalue weighted by Crippen LogP contribution is -2.03. The molecule has 0 aromatic heterocycles. The average molecular weight is 349 g/mol. The van der Waals surface area contributed by atoms with Crippen molar-refractivity contribution in [3.8, 4) is 0 Å². The van der Waals surface area contributed by atoms with Crippen LogP contribution in [-0.2, 0) is 9.53 Å². The molecule has 1 aliphatic carbocycles. The zero-order valence-electron chi connectivity index (χ0n) is 14.5. The van der Waals surface area contributed by atoms with Gasteiger partial charge in [-0.3, -0.25) is 4.79 Å². The van der Waals surface area contributed by atoms with Gasteiger partial charge in [-0.2, -0.15) is 0 Å². The molecular weight excluding hydrogens is 320 g/mol. The summed E-state index contributed by atoms with van der Waals surface area (Å²) in [5.74, 6) is 0.970. The van der Waals surface area contributed by atoms with Crippen molar-refractivity contribution < 1.29 is 9.53 Å². The van der Waals surface area contributed by atoms with Gasteiger partial charge in [0.15, 0.2) is 0 Å². The standard InChI is InChI=1S/C21H29ClO2/c22-20-15-13-19(14-16-20)9-7-17-24-21(23)10-6-4-2-1-3-5-8-18-11-12-18/h7,9,13-16,18H,1-6,8,10-12,17H2/b9-7+. The van der Waals surface area contributed by atoms with Gasteiger partial charge in [0.05, 0.1) is 0 Å². The molecule has 0 spiro atoms. The van der Waals surface area contributed by atoms with Crippen molar-refractivity contribution in [2.45, 2.75) is 64.2 Å². The molecule has 1 saturated carbocycles. The van der Waals surface area contributed by atoms with Crippen LogP contribution in [0.1, 0.15) is 69.8 Å². The summed E-state index contributed by atoms with van der Waals surface area (Å²) in [5, 5.41) is 0.724. The zero-order chi connectivity index (χ0) is 17.0. The van der Waals surface area contributed by atoms with E-state index < -0.39 is 0 Å². The quantitative estimate of drug-likeness (QED) is 0.321. The highest BCUT2D eigenvalue weighted by Gasteiger charge is 2.19. The molecule has 0 unspecified atom stereocenters. The highest BCUT2D eigenvalue weighted by atomic mass is 35.5. The number of hydrogen-bond acceptors (Lipinski definition) is 2. The van der Waals surface area contributed by atoms with E-state index in [1.807, 2.05) is 36.4 Å². The van der Waals surface area contributed by atoms with Crippen molar-refractivity contribution in [1.82, 2.24) is 0 Å². The molecule has 132 valence electrons. The van der Waals surface area contributed by atoms with Crippen LogP contribution in [0, 0.1) is 5.92 Å². The van der Waals surface area contributed by atoms with E-state index in [0.29, 0.717) is 13.0 Å². The summed E-state index contributed by atoms with van der Waals surface area (Å²) in [7, 11) is 0. The number of ether oxygens (including phenoxy) is 1. The molecule has 3 heteroatoms. The predicted octanol–water partition coefficient (Wildman–Crippen LogP) is 6.43. The molecule has 0 saturated heterocycles. The van der Waals surface area contributed by atoms with Gasteiger partial charge in [-0.1, -0.05) is 81.2 Å². The lowest BCUT2D eigenvalue weighted by atomic mass is 10.1. The molecule has 0 radical (unpaired) electrons. The van der Waals surface area contributed by atoms with Crippen LogP contribution in [0.3, 0.4) is 0 Å². The van der Waals surface area contributed by atoms with E-state index in [1.54, 1.807) is 0 Å². The third kappa shape index (κ3) is 9.12. The molecule has 0 atom stereocenters. The first-order valence-corrected chi connectivity index (χ1v) is 9.69. The van der Waals surface area contributed by atoms with Gasteiger partial charge >= 0.3 is 5.97 Å². The minimum atomic E-state index is -0.0931. The summed E-state index contributed by atoms with van der Waals surface area (Å²) in [4.78, 5) is 11.6. The summed E-state index contributed by atoms with van der Waals surface area (Å²) in [6.45, 7) is 0.336. The second-order valence-electron chi connectivity index (χ2n) is 6.74. The molecule has 2 nitrogen and oxygen atoms in total. The third-order valence-electron chi connectivity index (χ3n) is 4.46. The average Bonchev–Trinajstić information content (AvgIpc) is 3.40. The lowest BCUT2D eigenvalue weighted by Gasteiger charge is -2.03. The van der Waals surface area contributed by atoms with E-state index in [9.17, 15) is 4.79 Å². The largest absolute Gasteiger partial charge is 0.461 e. The van der Waals surface area contributed by atoms with Crippen LogP contribution in [0.2, 0.25) is 5.02 Å². The van der Waals surface area contributed by atoms with Crippen molar-refractivity contribution in [3.63, 3.8) is 0 Å². The summed E-state index contributed by atoms with van der Waals surface area (Å²) >= 11 is 5.83. The third-order valence-corrected chi connectivity index (χ3v) is 4.71. The minimum Gasteiger partial charge on any atom is -0.461 e. The van der Waals surface area contributed by atoms with Crippen LogP contribution in [0.5, 0.6) is 0 Å². The minimum absolute atomic E-state index is 0.0931. The Labute approximate surface area is 151 Å². The van der Waals surface area contributed by atoms with Crippen LogP contribution >= 0.6 is 11.6 Å². The number of halogens is 1. The molecule has 0 heterocycles. The van der Waals surface area contributed by atoms with Crippen LogP contribution in [-0.4, -0.2) is 12.6 Å². The fourth-order valence-corrected chi connectivity index (χ4v) is 2.91. The Morgan fingerprint density at radius 2 is 1.71 bits per heavy atom. The number of carbonyl (C=O) groups excluding carboxylic acids is 1. The Kier molecular flexibility index (Phi) is 8.97. The number of unbranched alkanes of at least 4 members (excludes halogenated alkanes) is 5. The van der Waals surface area contributed by atoms with Crippen molar-refractivity contribution in [1.29, 1.82) is 0 Å². The Morgan fingerprint density at radius 1 is 1.04 bits per heavy atom. The maximum absolute atomic E-state index is 11.6. The van der Waals surface area contributed by atoms with Gasteiger partial charge in [0.1, 0.15) is 6.61 Å². The molecule has 1 aromatic rings. The number of esters is 1. The predicted molar refractivity (Wildman–Crippen MR) is 101 cm³/mol. The first-order valence-electron chi connectivity index (χ1n) is 9.32. The maximum Gasteiger partial charge on any atom is 0.306 e. The van der Waals surface area contributed by atoms with Crippen molar-refractivity contribution in [3.05, 3.63) is 40.9 Å². The van der Waals surface area contributed by atoms with Gasteiger partial charge in [-0.15, -0.1) is 0 Å². The molecule has 1 fully saturated rings. The van der Waals surface area contributed by atoms with Gasteiger partial charge < -0.3 is 4.74 Å². The molecule has 0 bridgehead atoms. The molecular formula is C21H29ClO2. The molecule has 0 amide bonds. The number of benzene rings is 1. The summed E-state index contributed by atoms with van der Waals surface area (Å²) in [6.07, 6.45) is 16.1. The fourth-order valence-electron chi connectivity index (χ4n) is 2.79.